The van der Waals surface area contributed by atoms with E-state index in [2.05, 4.69) is 20.9 Å². The van der Waals surface area contributed by atoms with E-state index < -0.39 is 0 Å². The molecule has 0 aliphatic rings. The van der Waals surface area contributed by atoms with Crippen LogP contribution < -0.4 is 14.2 Å². The van der Waals surface area contributed by atoms with Crippen molar-refractivity contribution >= 4 is 27.5 Å². The van der Waals surface area contributed by atoms with Gasteiger partial charge in [0.2, 0.25) is 5.88 Å². The fourth-order valence-electron chi connectivity index (χ4n) is 1.84. The number of benzene rings is 1. The molecule has 0 saturated carbocycles. The molecule has 0 aliphatic heterocycles. The van der Waals surface area contributed by atoms with Crippen molar-refractivity contribution in [1.82, 2.24) is 4.98 Å². The highest BCUT2D eigenvalue weighted by molar-refractivity contribution is 9.08. The van der Waals surface area contributed by atoms with Crippen molar-refractivity contribution in [2.24, 2.45) is 0 Å². The minimum atomic E-state index is 0.315. The fraction of sp³-hybridized carbons (Fsp3) is 0.267. The van der Waals surface area contributed by atoms with E-state index in [1.54, 1.807) is 26.4 Å². The zero-order chi connectivity index (χ0) is 15.2. The highest BCUT2D eigenvalue weighted by atomic mass is 79.9. The van der Waals surface area contributed by atoms with E-state index >= 15 is 0 Å². The van der Waals surface area contributed by atoms with Crippen LogP contribution in [0.15, 0.2) is 30.3 Å². The van der Waals surface area contributed by atoms with Gasteiger partial charge < -0.3 is 14.2 Å². The van der Waals surface area contributed by atoms with Crippen LogP contribution in [0.3, 0.4) is 0 Å². The number of methoxy groups -OCH3 is 2. The highest BCUT2D eigenvalue weighted by Gasteiger charge is 2.13. The van der Waals surface area contributed by atoms with Crippen LogP contribution in [-0.4, -0.2) is 19.2 Å². The molecule has 0 N–H and O–H groups in total. The molecule has 0 atom stereocenters. The van der Waals surface area contributed by atoms with Crippen molar-refractivity contribution in [3.8, 4) is 17.4 Å². The largest absolute Gasteiger partial charge is 0.493 e. The van der Waals surface area contributed by atoms with E-state index in [9.17, 15) is 0 Å². The second-order valence-electron chi connectivity index (χ2n) is 4.19. The average molecular weight is 373 g/mol. The third-order valence-electron chi connectivity index (χ3n) is 2.82. The molecule has 0 saturated heterocycles. The lowest BCUT2D eigenvalue weighted by Gasteiger charge is -2.14. The van der Waals surface area contributed by atoms with Crippen LogP contribution in [0.5, 0.6) is 17.4 Å². The van der Waals surface area contributed by atoms with Gasteiger partial charge in [0.1, 0.15) is 6.61 Å². The van der Waals surface area contributed by atoms with Gasteiger partial charge in [0.05, 0.1) is 19.9 Å². The van der Waals surface area contributed by atoms with E-state index in [1.807, 2.05) is 18.2 Å². The minimum absolute atomic E-state index is 0.315. The number of ether oxygens (including phenoxy) is 3. The molecular formula is C15H15BrClNO3. The number of aromatic nitrogens is 1. The number of rotatable bonds is 6. The third-order valence-corrected chi connectivity index (χ3v) is 3.64. The van der Waals surface area contributed by atoms with E-state index in [0.717, 1.165) is 11.3 Å². The first-order valence-electron chi connectivity index (χ1n) is 6.23. The number of alkyl halides is 1. The molecule has 0 bridgehead atoms. The summed E-state index contributed by atoms with van der Waals surface area (Å²) >= 11 is 9.48. The maximum absolute atomic E-state index is 6.05. The Morgan fingerprint density at radius 1 is 1.19 bits per heavy atom. The van der Waals surface area contributed by atoms with Crippen molar-refractivity contribution in [3.63, 3.8) is 0 Å². The Bertz CT molecular complexity index is 597. The van der Waals surface area contributed by atoms with Gasteiger partial charge in [-0.3, -0.25) is 0 Å². The topological polar surface area (TPSA) is 40.6 Å². The summed E-state index contributed by atoms with van der Waals surface area (Å²) < 4.78 is 16.3. The Kier molecular flexibility index (Phi) is 5.70. The molecule has 0 unspecified atom stereocenters. The molecule has 1 heterocycles. The van der Waals surface area contributed by atoms with Crippen LogP contribution in [0, 0.1) is 0 Å². The summed E-state index contributed by atoms with van der Waals surface area (Å²) in [6, 6.07) is 9.10. The Labute approximate surface area is 137 Å². The van der Waals surface area contributed by atoms with Gasteiger partial charge in [-0.15, -0.1) is 0 Å². The van der Waals surface area contributed by atoms with Gasteiger partial charge >= 0.3 is 0 Å². The molecule has 0 aliphatic carbocycles. The standard InChI is InChI=1S/C15H15BrClNO3/c1-19-13-7-11(17)6-10(8-16)15(13)21-9-12-4-3-5-14(18-12)20-2/h3-7H,8-9H2,1-2H3. The molecule has 0 radical (unpaired) electrons. The Morgan fingerprint density at radius 3 is 2.67 bits per heavy atom. The summed E-state index contributed by atoms with van der Waals surface area (Å²) in [6.45, 7) is 0.315. The number of nitrogens with zero attached hydrogens (tertiary/aromatic N) is 1. The number of pyridine rings is 1. The maximum Gasteiger partial charge on any atom is 0.213 e. The monoisotopic (exact) mass is 371 g/mol. The van der Waals surface area contributed by atoms with E-state index in [-0.39, 0.29) is 0 Å². The zero-order valence-electron chi connectivity index (χ0n) is 11.7. The summed E-state index contributed by atoms with van der Waals surface area (Å²) in [5.41, 5.74) is 1.69. The van der Waals surface area contributed by atoms with E-state index in [0.29, 0.717) is 34.3 Å². The molecule has 2 rings (SSSR count). The first kappa shape index (κ1) is 15.9. The highest BCUT2D eigenvalue weighted by Crippen LogP contribution is 2.36. The molecule has 1 aromatic heterocycles. The lowest BCUT2D eigenvalue weighted by atomic mass is 10.2. The lowest BCUT2D eigenvalue weighted by molar-refractivity contribution is 0.276. The van der Waals surface area contributed by atoms with Crippen molar-refractivity contribution < 1.29 is 14.2 Å². The first-order valence-corrected chi connectivity index (χ1v) is 7.73. The van der Waals surface area contributed by atoms with Crippen LogP contribution in [0.25, 0.3) is 0 Å². The van der Waals surface area contributed by atoms with E-state index in [4.69, 9.17) is 25.8 Å². The van der Waals surface area contributed by atoms with Gasteiger partial charge in [-0.2, -0.15) is 0 Å². The van der Waals surface area contributed by atoms with Crippen LogP contribution >= 0.6 is 27.5 Å². The SMILES string of the molecule is COc1cccc(COc2c(CBr)cc(Cl)cc2OC)n1. The summed E-state index contributed by atoms with van der Waals surface area (Å²) in [5.74, 6) is 1.81. The van der Waals surface area contributed by atoms with Crippen molar-refractivity contribution in [2.45, 2.75) is 11.9 Å². The summed E-state index contributed by atoms with van der Waals surface area (Å²) in [5, 5.41) is 1.22. The van der Waals surface area contributed by atoms with Gasteiger partial charge in [-0.25, -0.2) is 4.98 Å². The zero-order valence-corrected chi connectivity index (χ0v) is 14.1. The summed E-state index contributed by atoms with van der Waals surface area (Å²) in [7, 11) is 3.17. The van der Waals surface area contributed by atoms with Gasteiger partial charge in [-0.05, 0) is 12.1 Å². The molecule has 4 nitrogen and oxygen atoms in total. The molecular weight excluding hydrogens is 358 g/mol. The van der Waals surface area contributed by atoms with Gasteiger partial charge in [0.25, 0.3) is 0 Å². The van der Waals surface area contributed by atoms with Gasteiger partial charge in [-0.1, -0.05) is 33.6 Å². The number of halogens is 2. The normalized spacial score (nSPS) is 10.3. The number of hydrogen-bond donors (Lipinski definition) is 0. The fourth-order valence-corrected chi connectivity index (χ4v) is 2.48. The average Bonchev–Trinajstić information content (AvgIpc) is 2.52. The Hall–Kier alpha value is -1.46. The van der Waals surface area contributed by atoms with Crippen molar-refractivity contribution in [2.75, 3.05) is 14.2 Å². The molecule has 2 aromatic rings. The van der Waals surface area contributed by atoms with Crippen molar-refractivity contribution in [3.05, 3.63) is 46.6 Å². The van der Waals surface area contributed by atoms with Crippen LogP contribution in [0.4, 0.5) is 0 Å². The molecule has 21 heavy (non-hydrogen) atoms. The van der Waals surface area contributed by atoms with E-state index in [1.165, 1.54) is 0 Å². The second-order valence-corrected chi connectivity index (χ2v) is 5.19. The minimum Gasteiger partial charge on any atom is -0.493 e. The first-order chi connectivity index (χ1) is 10.2. The molecule has 0 fully saturated rings. The Balaban J connectivity index is 2.22. The predicted octanol–water partition coefficient (Wildman–Crippen LogP) is 4.23. The second kappa shape index (κ2) is 7.52. The molecule has 0 amide bonds. The third kappa shape index (κ3) is 4.02. The Morgan fingerprint density at radius 2 is 2.00 bits per heavy atom. The van der Waals surface area contributed by atoms with Crippen LogP contribution in [0.1, 0.15) is 11.3 Å². The lowest BCUT2D eigenvalue weighted by Crippen LogP contribution is -2.03. The molecule has 112 valence electrons. The molecule has 6 heteroatoms. The summed E-state index contributed by atoms with van der Waals surface area (Å²) in [4.78, 5) is 4.31. The van der Waals surface area contributed by atoms with Gasteiger partial charge in [0, 0.05) is 28.0 Å². The van der Waals surface area contributed by atoms with Crippen LogP contribution in [0.2, 0.25) is 5.02 Å². The predicted molar refractivity (Wildman–Crippen MR) is 85.8 cm³/mol. The van der Waals surface area contributed by atoms with Gasteiger partial charge in [0.15, 0.2) is 11.5 Å². The molecule has 1 aromatic carbocycles. The number of hydrogen-bond acceptors (Lipinski definition) is 4. The smallest absolute Gasteiger partial charge is 0.213 e. The molecule has 0 spiro atoms. The quantitative estimate of drug-likeness (QED) is 0.712. The summed E-state index contributed by atoms with van der Waals surface area (Å²) in [6.07, 6.45) is 0. The van der Waals surface area contributed by atoms with Crippen LogP contribution in [-0.2, 0) is 11.9 Å². The van der Waals surface area contributed by atoms with Crippen molar-refractivity contribution in [1.29, 1.82) is 0 Å². The maximum atomic E-state index is 6.05.